The number of carbonyl (C=O) groups excluding carboxylic acids is 1. The Hall–Kier alpha value is -1.36. The predicted molar refractivity (Wildman–Crippen MR) is 43.2 cm³/mol. The van der Waals surface area contributed by atoms with Crippen molar-refractivity contribution in [2.45, 2.75) is 20.0 Å². The Bertz CT molecular complexity index is 316. The highest BCUT2D eigenvalue weighted by molar-refractivity contribution is 5.88. The molecule has 1 unspecified atom stereocenters. The first-order valence-corrected chi connectivity index (χ1v) is 3.80. The van der Waals surface area contributed by atoms with E-state index in [1.165, 1.54) is 14.0 Å². The number of oxazole rings is 1. The van der Waals surface area contributed by atoms with Crippen LogP contribution in [0, 0.1) is 6.92 Å². The topological polar surface area (TPSA) is 72.6 Å². The maximum absolute atomic E-state index is 11.0. The molecule has 0 spiro atoms. The van der Waals surface area contributed by atoms with Gasteiger partial charge in [0.05, 0.1) is 7.11 Å². The van der Waals surface area contributed by atoms with Crippen molar-refractivity contribution in [1.29, 1.82) is 0 Å². The van der Waals surface area contributed by atoms with E-state index in [4.69, 9.17) is 9.52 Å². The van der Waals surface area contributed by atoms with E-state index in [2.05, 4.69) is 9.72 Å². The van der Waals surface area contributed by atoms with Crippen molar-refractivity contribution in [1.82, 2.24) is 4.98 Å². The number of esters is 1. The molecule has 1 N–H and O–H groups in total. The van der Waals surface area contributed by atoms with E-state index in [1.54, 1.807) is 6.92 Å². The van der Waals surface area contributed by atoms with Crippen LogP contribution in [0.4, 0.5) is 0 Å². The normalized spacial score (nSPS) is 12.6. The number of aromatic nitrogens is 1. The van der Waals surface area contributed by atoms with Gasteiger partial charge in [0.25, 0.3) is 0 Å². The lowest BCUT2D eigenvalue weighted by Crippen LogP contribution is -2.03. The maximum Gasteiger partial charge on any atom is 0.360 e. The molecule has 0 aliphatic heterocycles. The minimum Gasteiger partial charge on any atom is -0.464 e. The standard InChI is InChI=1S/C8H11NO4/c1-4(10)7-9-6(5(2)13-7)8(11)12-3/h4,10H,1-3H3. The third-order valence-electron chi connectivity index (χ3n) is 1.55. The van der Waals surface area contributed by atoms with Crippen LogP contribution in [0.1, 0.15) is 35.2 Å². The number of aliphatic hydroxyl groups is 1. The summed E-state index contributed by atoms with van der Waals surface area (Å²) in [4.78, 5) is 14.8. The number of aliphatic hydroxyl groups excluding tert-OH is 1. The van der Waals surface area contributed by atoms with Gasteiger partial charge in [-0.05, 0) is 13.8 Å². The fourth-order valence-corrected chi connectivity index (χ4v) is 0.882. The third kappa shape index (κ3) is 1.86. The van der Waals surface area contributed by atoms with Crippen LogP contribution in [0.25, 0.3) is 0 Å². The molecule has 5 heteroatoms. The van der Waals surface area contributed by atoms with E-state index < -0.39 is 12.1 Å². The molecule has 1 heterocycles. The van der Waals surface area contributed by atoms with Crippen LogP contribution in [0.5, 0.6) is 0 Å². The Morgan fingerprint density at radius 2 is 2.31 bits per heavy atom. The lowest BCUT2D eigenvalue weighted by molar-refractivity contribution is 0.0593. The second-order valence-corrected chi connectivity index (χ2v) is 2.62. The quantitative estimate of drug-likeness (QED) is 0.690. The number of ether oxygens (including phenoxy) is 1. The molecule has 1 aromatic heterocycles. The van der Waals surface area contributed by atoms with Crippen molar-refractivity contribution >= 4 is 5.97 Å². The Balaban J connectivity index is 3.03. The number of methoxy groups -OCH3 is 1. The lowest BCUT2D eigenvalue weighted by atomic mass is 10.4. The highest BCUT2D eigenvalue weighted by atomic mass is 16.5. The van der Waals surface area contributed by atoms with Gasteiger partial charge in [-0.3, -0.25) is 0 Å². The van der Waals surface area contributed by atoms with Gasteiger partial charge in [-0.1, -0.05) is 0 Å². The first kappa shape index (κ1) is 9.73. The summed E-state index contributed by atoms with van der Waals surface area (Å²) in [6.45, 7) is 3.09. The molecule has 0 amide bonds. The minimum absolute atomic E-state index is 0.110. The van der Waals surface area contributed by atoms with Crippen molar-refractivity contribution in [3.63, 3.8) is 0 Å². The average Bonchev–Trinajstić information content (AvgIpc) is 2.46. The van der Waals surface area contributed by atoms with Crippen LogP contribution in [-0.2, 0) is 4.74 Å². The Morgan fingerprint density at radius 3 is 2.69 bits per heavy atom. The highest BCUT2D eigenvalue weighted by Gasteiger charge is 2.19. The molecule has 0 fully saturated rings. The Morgan fingerprint density at radius 1 is 1.69 bits per heavy atom. The van der Waals surface area contributed by atoms with E-state index in [1.807, 2.05) is 0 Å². The molecule has 1 rings (SSSR count). The fourth-order valence-electron chi connectivity index (χ4n) is 0.882. The summed E-state index contributed by atoms with van der Waals surface area (Å²) in [5.74, 6) is -0.0891. The SMILES string of the molecule is COC(=O)c1nc(C(C)O)oc1C. The Labute approximate surface area is 75.3 Å². The summed E-state index contributed by atoms with van der Waals surface area (Å²) in [6.07, 6.45) is -0.822. The summed E-state index contributed by atoms with van der Waals surface area (Å²) in [7, 11) is 1.26. The molecule has 1 aromatic rings. The monoisotopic (exact) mass is 185 g/mol. The molecule has 1 atom stereocenters. The third-order valence-corrected chi connectivity index (χ3v) is 1.55. The summed E-state index contributed by atoms with van der Waals surface area (Å²) >= 11 is 0. The zero-order valence-corrected chi connectivity index (χ0v) is 7.70. The van der Waals surface area contributed by atoms with Crippen molar-refractivity contribution < 1.29 is 19.1 Å². The van der Waals surface area contributed by atoms with Gasteiger partial charge in [0.2, 0.25) is 5.89 Å². The van der Waals surface area contributed by atoms with Gasteiger partial charge >= 0.3 is 5.97 Å². The van der Waals surface area contributed by atoms with E-state index in [0.29, 0.717) is 5.76 Å². The summed E-state index contributed by atoms with van der Waals surface area (Å²) in [5, 5.41) is 9.11. The van der Waals surface area contributed by atoms with Gasteiger partial charge in [0, 0.05) is 0 Å². The lowest BCUT2D eigenvalue weighted by Gasteiger charge is -1.93. The molecule has 13 heavy (non-hydrogen) atoms. The molecule has 5 nitrogen and oxygen atoms in total. The predicted octanol–water partition coefficient (Wildman–Crippen LogP) is 0.823. The molecule has 0 aromatic carbocycles. The molecule has 0 saturated carbocycles. The molecule has 0 aliphatic rings. The summed E-state index contributed by atoms with van der Waals surface area (Å²) in [5.41, 5.74) is 0.110. The molecule has 72 valence electrons. The first-order valence-electron chi connectivity index (χ1n) is 3.80. The number of carbonyl (C=O) groups is 1. The van der Waals surface area contributed by atoms with Crippen LogP contribution in [0.2, 0.25) is 0 Å². The second kappa shape index (κ2) is 3.57. The van der Waals surface area contributed by atoms with Gasteiger partial charge in [-0.2, -0.15) is 0 Å². The average molecular weight is 185 g/mol. The molecule has 0 aliphatic carbocycles. The first-order chi connectivity index (χ1) is 6.06. The van der Waals surface area contributed by atoms with Crippen LogP contribution < -0.4 is 0 Å². The zero-order chi connectivity index (χ0) is 10.0. The molecular formula is C8H11NO4. The number of rotatable bonds is 2. The van der Waals surface area contributed by atoms with Gasteiger partial charge in [0.15, 0.2) is 5.69 Å². The molecule has 0 saturated heterocycles. The maximum atomic E-state index is 11.0. The Kier molecular flexibility index (Phi) is 2.67. The molecular weight excluding hydrogens is 174 g/mol. The van der Waals surface area contributed by atoms with Gasteiger partial charge in [0.1, 0.15) is 11.9 Å². The number of aryl methyl sites for hydroxylation is 1. The van der Waals surface area contributed by atoms with E-state index in [0.717, 1.165) is 0 Å². The largest absolute Gasteiger partial charge is 0.464 e. The van der Waals surface area contributed by atoms with Crippen LogP contribution in [0.3, 0.4) is 0 Å². The van der Waals surface area contributed by atoms with Gasteiger partial charge in [-0.15, -0.1) is 0 Å². The smallest absolute Gasteiger partial charge is 0.360 e. The summed E-state index contributed by atoms with van der Waals surface area (Å²) in [6, 6.07) is 0. The van der Waals surface area contributed by atoms with E-state index in [9.17, 15) is 4.79 Å². The van der Waals surface area contributed by atoms with E-state index in [-0.39, 0.29) is 11.6 Å². The van der Waals surface area contributed by atoms with Crippen LogP contribution in [-0.4, -0.2) is 23.2 Å². The van der Waals surface area contributed by atoms with Crippen LogP contribution in [0.15, 0.2) is 4.42 Å². The second-order valence-electron chi connectivity index (χ2n) is 2.62. The molecule has 0 bridgehead atoms. The minimum atomic E-state index is -0.822. The number of nitrogens with zero attached hydrogens (tertiary/aromatic N) is 1. The van der Waals surface area contributed by atoms with Crippen molar-refractivity contribution in [2.75, 3.05) is 7.11 Å². The van der Waals surface area contributed by atoms with Crippen molar-refractivity contribution in [2.24, 2.45) is 0 Å². The van der Waals surface area contributed by atoms with Gasteiger partial charge < -0.3 is 14.3 Å². The van der Waals surface area contributed by atoms with Crippen molar-refractivity contribution in [3.8, 4) is 0 Å². The van der Waals surface area contributed by atoms with Crippen molar-refractivity contribution in [3.05, 3.63) is 17.3 Å². The zero-order valence-electron chi connectivity index (χ0n) is 7.70. The molecule has 0 radical (unpaired) electrons. The van der Waals surface area contributed by atoms with E-state index >= 15 is 0 Å². The fraction of sp³-hybridized carbons (Fsp3) is 0.500. The summed E-state index contributed by atoms with van der Waals surface area (Å²) < 4.78 is 9.50. The number of hydrogen-bond acceptors (Lipinski definition) is 5. The highest BCUT2D eigenvalue weighted by Crippen LogP contribution is 2.16. The van der Waals surface area contributed by atoms with Crippen LogP contribution >= 0.6 is 0 Å². The number of hydrogen-bond donors (Lipinski definition) is 1. The van der Waals surface area contributed by atoms with Gasteiger partial charge in [-0.25, -0.2) is 9.78 Å².